The summed E-state index contributed by atoms with van der Waals surface area (Å²) >= 11 is 0. The number of nitrogens with one attached hydrogen (secondary N) is 1. The van der Waals surface area contributed by atoms with Gasteiger partial charge in [0.25, 0.3) is 0 Å². The smallest absolute Gasteiger partial charge is 0.115 e. The standard InChI is InChI=1S/C13H15N3/c1-2-13(11-6-4-3-5-7-11)16-12-8-14-10-15-9-12/h3-10,13,16H,2H2,1H3. The second kappa shape index (κ2) is 5.26. The summed E-state index contributed by atoms with van der Waals surface area (Å²) in [5.41, 5.74) is 2.24. The van der Waals surface area contributed by atoms with E-state index in [1.807, 2.05) is 6.07 Å². The SMILES string of the molecule is CCC(Nc1cncnc1)c1ccccc1. The van der Waals surface area contributed by atoms with Gasteiger partial charge in [-0.15, -0.1) is 0 Å². The molecule has 0 amide bonds. The fourth-order valence-electron chi connectivity index (χ4n) is 1.68. The molecule has 1 aromatic heterocycles. The lowest BCUT2D eigenvalue weighted by atomic mass is 10.0. The third kappa shape index (κ3) is 2.57. The summed E-state index contributed by atoms with van der Waals surface area (Å²) in [6.45, 7) is 2.16. The van der Waals surface area contributed by atoms with Gasteiger partial charge >= 0.3 is 0 Å². The Balaban J connectivity index is 2.13. The van der Waals surface area contributed by atoms with Crippen LogP contribution in [0.3, 0.4) is 0 Å². The van der Waals surface area contributed by atoms with Gasteiger partial charge in [-0.3, -0.25) is 0 Å². The molecule has 1 aromatic carbocycles. The molecule has 0 spiro atoms. The second-order valence-electron chi connectivity index (χ2n) is 3.64. The minimum atomic E-state index is 0.312. The van der Waals surface area contributed by atoms with E-state index in [2.05, 4.69) is 46.5 Å². The summed E-state index contributed by atoms with van der Waals surface area (Å²) < 4.78 is 0. The predicted octanol–water partition coefficient (Wildman–Crippen LogP) is 3.04. The Morgan fingerprint density at radius 3 is 2.44 bits per heavy atom. The Labute approximate surface area is 95.6 Å². The molecule has 16 heavy (non-hydrogen) atoms. The maximum Gasteiger partial charge on any atom is 0.115 e. The van der Waals surface area contributed by atoms with Crippen molar-refractivity contribution in [3.63, 3.8) is 0 Å². The molecule has 3 heteroatoms. The van der Waals surface area contributed by atoms with Crippen molar-refractivity contribution in [1.82, 2.24) is 9.97 Å². The topological polar surface area (TPSA) is 37.8 Å². The molecule has 0 aliphatic heterocycles. The Morgan fingerprint density at radius 1 is 1.12 bits per heavy atom. The first-order chi connectivity index (χ1) is 7.90. The maximum atomic E-state index is 3.99. The zero-order chi connectivity index (χ0) is 11.2. The molecule has 1 N–H and O–H groups in total. The molecule has 0 bridgehead atoms. The van der Waals surface area contributed by atoms with Crippen molar-refractivity contribution in [3.05, 3.63) is 54.6 Å². The third-order valence-electron chi connectivity index (χ3n) is 2.51. The summed E-state index contributed by atoms with van der Waals surface area (Å²) in [5, 5.41) is 3.42. The zero-order valence-corrected chi connectivity index (χ0v) is 9.30. The Hall–Kier alpha value is -1.90. The van der Waals surface area contributed by atoms with Crippen molar-refractivity contribution in [2.24, 2.45) is 0 Å². The Bertz CT molecular complexity index is 414. The van der Waals surface area contributed by atoms with Gasteiger partial charge < -0.3 is 5.32 Å². The predicted molar refractivity (Wildman–Crippen MR) is 65.1 cm³/mol. The molecular formula is C13H15N3. The fourth-order valence-corrected chi connectivity index (χ4v) is 1.68. The maximum absolute atomic E-state index is 3.99. The summed E-state index contributed by atoms with van der Waals surface area (Å²) in [6.07, 6.45) is 6.14. The number of rotatable bonds is 4. The van der Waals surface area contributed by atoms with Crippen LogP contribution in [-0.2, 0) is 0 Å². The van der Waals surface area contributed by atoms with E-state index in [4.69, 9.17) is 0 Å². The van der Waals surface area contributed by atoms with Crippen molar-refractivity contribution >= 4 is 5.69 Å². The van der Waals surface area contributed by atoms with Crippen LogP contribution < -0.4 is 5.32 Å². The van der Waals surface area contributed by atoms with Gasteiger partial charge in [-0.25, -0.2) is 9.97 Å². The molecule has 3 nitrogen and oxygen atoms in total. The van der Waals surface area contributed by atoms with E-state index in [1.54, 1.807) is 12.4 Å². The quantitative estimate of drug-likeness (QED) is 0.848. The van der Waals surface area contributed by atoms with Crippen molar-refractivity contribution in [3.8, 4) is 0 Å². The highest BCUT2D eigenvalue weighted by Gasteiger charge is 2.07. The van der Waals surface area contributed by atoms with Crippen LogP contribution in [0.2, 0.25) is 0 Å². The van der Waals surface area contributed by atoms with Gasteiger partial charge in [0.1, 0.15) is 6.33 Å². The fraction of sp³-hybridized carbons (Fsp3) is 0.231. The molecule has 2 rings (SSSR count). The van der Waals surface area contributed by atoms with Crippen molar-refractivity contribution in [2.45, 2.75) is 19.4 Å². The Morgan fingerprint density at radius 2 is 1.81 bits per heavy atom. The number of aromatic nitrogens is 2. The van der Waals surface area contributed by atoms with Crippen LogP contribution in [0.5, 0.6) is 0 Å². The number of hydrogen-bond acceptors (Lipinski definition) is 3. The minimum absolute atomic E-state index is 0.312. The lowest BCUT2D eigenvalue weighted by Crippen LogP contribution is -2.09. The molecule has 1 heterocycles. The van der Waals surface area contributed by atoms with Gasteiger partial charge in [0, 0.05) is 0 Å². The molecule has 2 aromatic rings. The largest absolute Gasteiger partial charge is 0.376 e. The second-order valence-corrected chi connectivity index (χ2v) is 3.64. The van der Waals surface area contributed by atoms with Gasteiger partial charge in [-0.1, -0.05) is 37.3 Å². The van der Waals surface area contributed by atoms with Gasteiger partial charge in [-0.05, 0) is 12.0 Å². The highest BCUT2D eigenvalue weighted by Crippen LogP contribution is 2.20. The molecule has 1 atom stereocenters. The molecule has 0 radical (unpaired) electrons. The molecule has 0 fully saturated rings. The highest BCUT2D eigenvalue weighted by atomic mass is 15.0. The van der Waals surface area contributed by atoms with Gasteiger partial charge in [0.15, 0.2) is 0 Å². The van der Waals surface area contributed by atoms with Crippen molar-refractivity contribution in [1.29, 1.82) is 0 Å². The van der Waals surface area contributed by atoms with E-state index in [9.17, 15) is 0 Å². The first kappa shape index (κ1) is 10.6. The summed E-state index contributed by atoms with van der Waals surface area (Å²) in [6, 6.07) is 10.7. The lowest BCUT2D eigenvalue weighted by Gasteiger charge is -2.17. The normalized spacial score (nSPS) is 12.1. The van der Waals surface area contributed by atoms with Gasteiger partial charge in [0.2, 0.25) is 0 Å². The van der Waals surface area contributed by atoms with Crippen LogP contribution in [0.1, 0.15) is 24.9 Å². The van der Waals surface area contributed by atoms with Crippen molar-refractivity contribution in [2.75, 3.05) is 5.32 Å². The Kier molecular flexibility index (Phi) is 3.49. The summed E-state index contributed by atoms with van der Waals surface area (Å²) in [4.78, 5) is 7.98. The molecule has 0 saturated carbocycles. The third-order valence-corrected chi connectivity index (χ3v) is 2.51. The average molecular weight is 213 g/mol. The average Bonchev–Trinajstić information content (AvgIpc) is 2.38. The van der Waals surface area contributed by atoms with E-state index >= 15 is 0 Å². The van der Waals surface area contributed by atoms with Gasteiger partial charge in [-0.2, -0.15) is 0 Å². The first-order valence-electron chi connectivity index (χ1n) is 5.46. The molecule has 1 unspecified atom stereocenters. The van der Waals surface area contributed by atoms with E-state index in [-0.39, 0.29) is 0 Å². The molecular weight excluding hydrogens is 198 g/mol. The number of benzene rings is 1. The van der Waals surface area contributed by atoms with E-state index in [0.29, 0.717) is 6.04 Å². The van der Waals surface area contributed by atoms with E-state index < -0.39 is 0 Å². The molecule has 0 aliphatic rings. The van der Waals surface area contributed by atoms with E-state index in [1.165, 1.54) is 11.9 Å². The van der Waals surface area contributed by atoms with E-state index in [0.717, 1.165) is 12.1 Å². The summed E-state index contributed by atoms with van der Waals surface area (Å²) in [7, 11) is 0. The van der Waals surface area contributed by atoms with Crippen LogP contribution in [0.25, 0.3) is 0 Å². The van der Waals surface area contributed by atoms with Crippen LogP contribution in [-0.4, -0.2) is 9.97 Å². The highest BCUT2D eigenvalue weighted by molar-refractivity contribution is 5.40. The number of nitrogens with zero attached hydrogens (tertiary/aromatic N) is 2. The molecule has 0 saturated heterocycles. The van der Waals surface area contributed by atoms with Crippen LogP contribution in [0.15, 0.2) is 49.1 Å². The first-order valence-corrected chi connectivity index (χ1v) is 5.46. The number of anilines is 1. The van der Waals surface area contributed by atoms with Crippen LogP contribution >= 0.6 is 0 Å². The van der Waals surface area contributed by atoms with Gasteiger partial charge in [0.05, 0.1) is 24.1 Å². The van der Waals surface area contributed by atoms with Crippen molar-refractivity contribution < 1.29 is 0 Å². The van der Waals surface area contributed by atoms with Crippen LogP contribution in [0, 0.1) is 0 Å². The number of hydrogen-bond donors (Lipinski definition) is 1. The van der Waals surface area contributed by atoms with Crippen LogP contribution in [0.4, 0.5) is 5.69 Å². The lowest BCUT2D eigenvalue weighted by molar-refractivity contribution is 0.747. The zero-order valence-electron chi connectivity index (χ0n) is 9.30. The summed E-state index contributed by atoms with van der Waals surface area (Å²) in [5.74, 6) is 0. The molecule has 0 aliphatic carbocycles. The monoisotopic (exact) mass is 213 g/mol. The minimum Gasteiger partial charge on any atom is -0.376 e. The molecule has 82 valence electrons.